The number of piperazine rings is 1. The van der Waals surface area contributed by atoms with Gasteiger partial charge in [0.25, 0.3) is 5.91 Å². The van der Waals surface area contributed by atoms with Crippen molar-refractivity contribution in [3.63, 3.8) is 0 Å². The molecule has 49 heavy (non-hydrogen) atoms. The number of aromatic nitrogens is 2. The summed E-state index contributed by atoms with van der Waals surface area (Å²) >= 11 is 0. The van der Waals surface area contributed by atoms with Gasteiger partial charge in [0.2, 0.25) is 10.0 Å². The highest BCUT2D eigenvalue weighted by Gasteiger charge is 2.30. The number of nitrogens with zero attached hydrogens (tertiary/aromatic N) is 2. The van der Waals surface area contributed by atoms with E-state index in [0.717, 1.165) is 12.1 Å². The molecule has 14 heteroatoms. The van der Waals surface area contributed by atoms with E-state index >= 15 is 0 Å². The molecular weight excluding hydrogens is 657 g/mol. The van der Waals surface area contributed by atoms with E-state index in [9.17, 15) is 26.4 Å². The Hall–Kier alpha value is -5.44. The molecule has 0 atom stereocenters. The maximum absolute atomic E-state index is 13.3. The fraction of sp³-hybridized carbons (Fsp3) is 0.143. The van der Waals surface area contributed by atoms with Crippen molar-refractivity contribution in [1.29, 1.82) is 0 Å². The second kappa shape index (κ2) is 12.9. The number of alkyl halides is 3. The first-order valence-corrected chi connectivity index (χ1v) is 16.7. The fourth-order valence-electron chi connectivity index (χ4n) is 5.71. The molecule has 10 nitrogen and oxygen atoms in total. The van der Waals surface area contributed by atoms with Crippen LogP contribution in [-0.2, 0) is 16.2 Å². The second-order valence-corrected chi connectivity index (χ2v) is 13.3. The molecule has 3 heterocycles. The van der Waals surface area contributed by atoms with Gasteiger partial charge in [-0.1, -0.05) is 30.3 Å². The minimum atomic E-state index is -4.54. The van der Waals surface area contributed by atoms with Gasteiger partial charge < -0.3 is 25.7 Å². The van der Waals surface area contributed by atoms with Crippen LogP contribution in [-0.4, -0.2) is 54.8 Å². The molecule has 4 aromatic carbocycles. The third-order valence-electron chi connectivity index (χ3n) is 8.13. The molecular formula is C35H29F3N6O4S. The summed E-state index contributed by atoms with van der Waals surface area (Å²) in [7, 11) is -3.60. The standard InChI is InChI=1S/C35H29F3N6O4S/c36-35(37,38)22-4-1-5-24(20-22)42-34(45)28-8-2-7-27-26(28)6-3-9-30(27)48-31-21-32(43-33-29(31)14-15-40-33)41-23-10-12-25(13-11-23)49(46,47)44-18-16-39-17-19-44/h1-15,20-21,39H,16-19H2,(H,42,45)(H2,40,41,43). The number of anilines is 3. The molecule has 2 aromatic heterocycles. The Balaban J connectivity index is 1.15. The number of amides is 1. The molecule has 1 aliphatic rings. The molecule has 1 amide bonds. The van der Waals surface area contributed by atoms with Crippen molar-refractivity contribution in [2.24, 2.45) is 0 Å². The number of hydrogen-bond acceptors (Lipinski definition) is 7. The summed E-state index contributed by atoms with van der Waals surface area (Å²) in [6, 6.07) is 24.7. The second-order valence-electron chi connectivity index (χ2n) is 11.3. The molecule has 0 aliphatic carbocycles. The molecule has 1 saturated heterocycles. The maximum Gasteiger partial charge on any atom is 0.416 e. The zero-order valence-corrected chi connectivity index (χ0v) is 26.5. The highest BCUT2D eigenvalue weighted by Crippen LogP contribution is 2.37. The van der Waals surface area contributed by atoms with Crippen LogP contribution in [0.25, 0.3) is 21.8 Å². The van der Waals surface area contributed by atoms with Gasteiger partial charge >= 0.3 is 6.18 Å². The number of ether oxygens (including phenoxy) is 1. The number of carbonyl (C=O) groups is 1. The molecule has 4 N–H and O–H groups in total. The lowest BCUT2D eigenvalue weighted by Gasteiger charge is -2.26. The van der Waals surface area contributed by atoms with Gasteiger partial charge in [-0.15, -0.1) is 0 Å². The number of pyridine rings is 1. The largest absolute Gasteiger partial charge is 0.456 e. The monoisotopic (exact) mass is 686 g/mol. The number of halogens is 3. The van der Waals surface area contributed by atoms with Crippen molar-refractivity contribution in [1.82, 2.24) is 19.6 Å². The van der Waals surface area contributed by atoms with Crippen LogP contribution in [0.15, 0.2) is 108 Å². The van der Waals surface area contributed by atoms with Crippen molar-refractivity contribution in [3.05, 3.63) is 114 Å². The van der Waals surface area contributed by atoms with Gasteiger partial charge in [-0.2, -0.15) is 17.5 Å². The van der Waals surface area contributed by atoms with Crippen molar-refractivity contribution in [2.45, 2.75) is 11.1 Å². The third-order valence-corrected chi connectivity index (χ3v) is 10.0. The molecule has 6 aromatic rings. The lowest BCUT2D eigenvalue weighted by Crippen LogP contribution is -2.46. The summed E-state index contributed by atoms with van der Waals surface area (Å²) in [6.45, 7) is 2.04. The number of rotatable bonds is 8. The summed E-state index contributed by atoms with van der Waals surface area (Å²) < 4.78 is 73.7. The van der Waals surface area contributed by atoms with Crippen LogP contribution in [0.3, 0.4) is 0 Å². The summed E-state index contributed by atoms with van der Waals surface area (Å²) in [4.78, 5) is 21.2. The van der Waals surface area contributed by atoms with E-state index in [-0.39, 0.29) is 16.1 Å². The minimum absolute atomic E-state index is 0.0201. The van der Waals surface area contributed by atoms with E-state index < -0.39 is 27.7 Å². The lowest BCUT2D eigenvalue weighted by molar-refractivity contribution is -0.137. The zero-order chi connectivity index (χ0) is 34.2. The van der Waals surface area contributed by atoms with Gasteiger partial charge in [-0.05, 0) is 66.0 Å². The number of fused-ring (bicyclic) bond motifs is 2. The third kappa shape index (κ3) is 6.66. The van der Waals surface area contributed by atoms with Crippen molar-refractivity contribution in [2.75, 3.05) is 36.8 Å². The smallest absolute Gasteiger partial charge is 0.416 e. The number of H-pyrrole nitrogens is 1. The van der Waals surface area contributed by atoms with Crippen LogP contribution in [0.4, 0.5) is 30.4 Å². The topological polar surface area (TPSA) is 128 Å². The highest BCUT2D eigenvalue weighted by atomic mass is 32.2. The van der Waals surface area contributed by atoms with Crippen molar-refractivity contribution >= 4 is 54.9 Å². The van der Waals surface area contributed by atoms with Gasteiger partial charge in [0.05, 0.1) is 15.8 Å². The Kier molecular flexibility index (Phi) is 8.44. The zero-order valence-electron chi connectivity index (χ0n) is 25.7. The molecule has 0 spiro atoms. The maximum atomic E-state index is 13.3. The van der Waals surface area contributed by atoms with Crippen LogP contribution >= 0.6 is 0 Å². The predicted octanol–water partition coefficient (Wildman–Crippen LogP) is 7.12. The molecule has 7 rings (SSSR count). The highest BCUT2D eigenvalue weighted by molar-refractivity contribution is 7.89. The lowest BCUT2D eigenvalue weighted by atomic mass is 10.0. The van der Waals surface area contributed by atoms with Crippen LogP contribution in [0.2, 0.25) is 0 Å². The molecule has 0 bridgehead atoms. The van der Waals surface area contributed by atoms with Gasteiger partial charge in [0.15, 0.2) is 0 Å². The van der Waals surface area contributed by atoms with Gasteiger partial charge in [-0.3, -0.25) is 4.79 Å². The van der Waals surface area contributed by atoms with E-state index in [4.69, 9.17) is 4.74 Å². The van der Waals surface area contributed by atoms with E-state index in [0.29, 0.717) is 71.0 Å². The molecule has 250 valence electrons. The molecule has 0 saturated carbocycles. The van der Waals surface area contributed by atoms with Crippen molar-refractivity contribution < 1.29 is 31.1 Å². The first kappa shape index (κ1) is 32.1. The average Bonchev–Trinajstić information content (AvgIpc) is 3.58. The quantitative estimate of drug-likeness (QED) is 0.134. The average molecular weight is 687 g/mol. The summed E-state index contributed by atoms with van der Waals surface area (Å²) in [5, 5.41) is 10.8. The van der Waals surface area contributed by atoms with Crippen LogP contribution < -0.4 is 20.7 Å². The van der Waals surface area contributed by atoms with Gasteiger partial charge in [-0.25, -0.2) is 13.4 Å². The number of nitrogens with one attached hydrogen (secondary N) is 4. The Bertz CT molecular complexity index is 2290. The van der Waals surface area contributed by atoms with Gasteiger partial charge in [0.1, 0.15) is 23.0 Å². The minimum Gasteiger partial charge on any atom is -0.456 e. The van der Waals surface area contributed by atoms with Crippen LogP contribution in [0.1, 0.15) is 15.9 Å². The number of benzene rings is 4. The fourth-order valence-corrected chi connectivity index (χ4v) is 7.15. The number of sulfonamides is 1. The van der Waals surface area contributed by atoms with E-state index in [2.05, 4.69) is 25.9 Å². The summed E-state index contributed by atoms with van der Waals surface area (Å²) in [5.74, 6) is 0.757. The Morgan fingerprint density at radius 3 is 2.33 bits per heavy atom. The molecule has 1 aliphatic heterocycles. The van der Waals surface area contributed by atoms with E-state index in [1.807, 2.05) is 6.07 Å². The molecule has 1 fully saturated rings. The predicted molar refractivity (Wildman–Crippen MR) is 181 cm³/mol. The first-order valence-electron chi connectivity index (χ1n) is 15.3. The van der Waals surface area contributed by atoms with Crippen LogP contribution in [0.5, 0.6) is 11.5 Å². The Labute approximate surface area is 279 Å². The first-order chi connectivity index (χ1) is 23.6. The summed E-state index contributed by atoms with van der Waals surface area (Å²) in [5.41, 5.74) is 0.569. The Morgan fingerprint density at radius 2 is 1.55 bits per heavy atom. The number of carbonyl (C=O) groups excluding carboxylic acids is 1. The summed E-state index contributed by atoms with van der Waals surface area (Å²) in [6.07, 6.45) is -2.82. The van der Waals surface area contributed by atoms with Crippen LogP contribution in [0, 0.1) is 0 Å². The normalized spacial score (nSPS) is 14.2. The van der Waals surface area contributed by atoms with E-state index in [1.54, 1.807) is 72.9 Å². The van der Waals surface area contributed by atoms with E-state index in [1.165, 1.54) is 16.4 Å². The molecule has 0 unspecified atom stereocenters. The SMILES string of the molecule is O=C(Nc1cccc(C(F)(F)F)c1)c1cccc2c(Oc3cc(Nc4ccc(S(=O)(=O)N5CCNCC5)cc4)nc4[nH]ccc34)cccc12. The molecule has 0 radical (unpaired) electrons. The number of aromatic amines is 1. The Morgan fingerprint density at radius 1 is 0.816 bits per heavy atom. The number of hydrogen-bond donors (Lipinski definition) is 4. The van der Waals surface area contributed by atoms with Gasteiger partial charge in [0, 0.05) is 60.8 Å². The van der Waals surface area contributed by atoms with Crippen molar-refractivity contribution in [3.8, 4) is 11.5 Å².